The molecule has 1 atom stereocenters. The Labute approximate surface area is 292 Å². The third-order valence-corrected chi connectivity index (χ3v) is 9.81. The molecule has 3 aromatic carbocycles. The molecule has 1 fully saturated rings. The highest BCUT2D eigenvalue weighted by molar-refractivity contribution is 7.98. The third kappa shape index (κ3) is 7.51. The summed E-state index contributed by atoms with van der Waals surface area (Å²) in [5.41, 5.74) is 2.70. The van der Waals surface area contributed by atoms with E-state index in [1.54, 1.807) is 46.4 Å². The highest BCUT2D eigenvalue weighted by Crippen LogP contribution is 2.36. The van der Waals surface area contributed by atoms with Crippen molar-refractivity contribution in [3.8, 4) is 11.5 Å². The van der Waals surface area contributed by atoms with Crippen molar-refractivity contribution in [2.75, 3.05) is 52.4 Å². The second-order valence-corrected chi connectivity index (χ2v) is 13.0. The zero-order chi connectivity index (χ0) is 34.3. The Morgan fingerprint density at radius 1 is 0.980 bits per heavy atom. The number of aromatic nitrogens is 1. The molecule has 4 aromatic rings. The Kier molecular flexibility index (Phi) is 11.0. The Morgan fingerprint density at radius 3 is 2.43 bits per heavy atom. The summed E-state index contributed by atoms with van der Waals surface area (Å²) in [6.45, 7) is 6.16. The van der Waals surface area contributed by atoms with Crippen LogP contribution in [0.3, 0.4) is 0 Å². The number of thiazole rings is 1. The number of hydrogen-bond donors (Lipinski definition) is 0. The number of nitrogens with zero attached hydrogens (tertiary/aromatic N) is 3. The molecule has 254 valence electrons. The third-order valence-electron chi connectivity index (χ3n) is 8.09. The number of rotatable bonds is 11. The first-order chi connectivity index (χ1) is 23.9. The summed E-state index contributed by atoms with van der Waals surface area (Å²) in [4.78, 5) is 48.8. The van der Waals surface area contributed by atoms with Crippen LogP contribution in [0.4, 0.5) is 0 Å². The van der Waals surface area contributed by atoms with E-state index in [1.165, 1.54) is 11.3 Å². The van der Waals surface area contributed by atoms with Gasteiger partial charge in [-0.05, 0) is 61.6 Å². The summed E-state index contributed by atoms with van der Waals surface area (Å²) >= 11 is 2.86. The molecule has 6 rings (SSSR count). The van der Waals surface area contributed by atoms with Crippen molar-refractivity contribution in [1.29, 1.82) is 0 Å². The van der Waals surface area contributed by atoms with E-state index in [0.29, 0.717) is 70.6 Å². The Hall–Kier alpha value is -4.65. The predicted octanol–water partition coefficient (Wildman–Crippen LogP) is 4.29. The van der Waals surface area contributed by atoms with Crippen LogP contribution in [0.5, 0.6) is 11.5 Å². The van der Waals surface area contributed by atoms with E-state index in [0.717, 1.165) is 16.0 Å². The van der Waals surface area contributed by atoms with Crippen molar-refractivity contribution >= 4 is 46.7 Å². The van der Waals surface area contributed by atoms with Crippen molar-refractivity contribution in [3.63, 3.8) is 0 Å². The number of hydrogen-bond acceptors (Lipinski definition) is 10. The minimum Gasteiger partial charge on any atom is -0.490 e. The lowest BCUT2D eigenvalue weighted by Crippen LogP contribution is -2.43. The molecule has 0 radical (unpaired) electrons. The summed E-state index contributed by atoms with van der Waals surface area (Å²) in [7, 11) is 0. The zero-order valence-electron chi connectivity index (χ0n) is 27.5. The lowest BCUT2D eigenvalue weighted by molar-refractivity contribution is -0.139. The van der Waals surface area contributed by atoms with Crippen molar-refractivity contribution in [2.24, 2.45) is 4.99 Å². The molecular weight excluding hydrogens is 663 g/mol. The molecule has 0 aliphatic carbocycles. The smallest absolute Gasteiger partial charge is 0.338 e. The van der Waals surface area contributed by atoms with Gasteiger partial charge in [0.05, 0.1) is 48.3 Å². The van der Waals surface area contributed by atoms with E-state index in [2.05, 4.69) is 0 Å². The van der Waals surface area contributed by atoms with Gasteiger partial charge in [0.2, 0.25) is 0 Å². The van der Waals surface area contributed by atoms with Crippen LogP contribution in [-0.2, 0) is 19.1 Å². The van der Waals surface area contributed by atoms with E-state index in [-0.39, 0.29) is 24.7 Å². The normalized spacial score (nSPS) is 16.2. The molecule has 0 bridgehead atoms. The van der Waals surface area contributed by atoms with Gasteiger partial charge in [0.15, 0.2) is 22.9 Å². The average molecular weight is 700 g/mol. The molecule has 0 unspecified atom stereocenters. The fourth-order valence-electron chi connectivity index (χ4n) is 5.74. The quantitative estimate of drug-likeness (QED) is 0.169. The van der Waals surface area contributed by atoms with E-state index in [1.807, 2.05) is 73.8 Å². The van der Waals surface area contributed by atoms with Crippen LogP contribution in [0.25, 0.3) is 11.8 Å². The van der Waals surface area contributed by atoms with Crippen molar-refractivity contribution in [3.05, 3.63) is 115 Å². The molecule has 1 amide bonds. The summed E-state index contributed by atoms with van der Waals surface area (Å²) in [5.74, 6) is 0.247. The molecule has 12 heteroatoms. The molecule has 10 nitrogen and oxygen atoms in total. The summed E-state index contributed by atoms with van der Waals surface area (Å²) < 4.78 is 24.7. The van der Waals surface area contributed by atoms with Crippen LogP contribution < -0.4 is 24.4 Å². The molecule has 1 aromatic heterocycles. The van der Waals surface area contributed by atoms with Crippen LogP contribution >= 0.6 is 23.1 Å². The van der Waals surface area contributed by atoms with Gasteiger partial charge < -0.3 is 23.8 Å². The Balaban J connectivity index is 1.43. The van der Waals surface area contributed by atoms with E-state index in [9.17, 15) is 14.4 Å². The minimum absolute atomic E-state index is 0.120. The monoisotopic (exact) mass is 699 g/mol. The topological polar surface area (TPSA) is 109 Å². The van der Waals surface area contributed by atoms with Crippen LogP contribution in [0.1, 0.15) is 36.6 Å². The van der Waals surface area contributed by atoms with Gasteiger partial charge in [-0.15, -0.1) is 11.8 Å². The first-order valence-electron chi connectivity index (χ1n) is 16.1. The number of thioether (sulfide) groups is 1. The van der Waals surface area contributed by atoms with E-state index < -0.39 is 12.0 Å². The van der Waals surface area contributed by atoms with Gasteiger partial charge in [0.1, 0.15) is 0 Å². The second kappa shape index (κ2) is 15.7. The maximum absolute atomic E-state index is 14.3. The van der Waals surface area contributed by atoms with Crippen LogP contribution in [0.15, 0.2) is 93.1 Å². The second-order valence-electron chi connectivity index (χ2n) is 11.1. The largest absolute Gasteiger partial charge is 0.490 e. The predicted molar refractivity (Wildman–Crippen MR) is 190 cm³/mol. The van der Waals surface area contributed by atoms with Crippen molar-refractivity contribution in [1.82, 2.24) is 9.47 Å². The van der Waals surface area contributed by atoms with Gasteiger partial charge in [-0.25, -0.2) is 9.79 Å². The Bertz CT molecular complexity index is 2030. The maximum Gasteiger partial charge on any atom is 0.338 e. The van der Waals surface area contributed by atoms with Gasteiger partial charge in [-0.3, -0.25) is 14.2 Å². The molecule has 2 aliphatic heterocycles. The van der Waals surface area contributed by atoms with Gasteiger partial charge in [0, 0.05) is 23.5 Å². The molecule has 1 saturated heterocycles. The number of carbonyl (C=O) groups excluding carboxylic acids is 2. The first-order valence-corrected chi connectivity index (χ1v) is 18.1. The SMILES string of the molecule is CCOC(=O)C1=C(c2ccccc2)N=c2s/c(=C/c3ccc(OCC(=O)N4CCOCC4)c(OCC)c3)c(=O)n2[C@H]1c1ccc(SC)cc1. The molecule has 49 heavy (non-hydrogen) atoms. The van der Waals surface area contributed by atoms with Gasteiger partial charge in [0.25, 0.3) is 11.5 Å². The van der Waals surface area contributed by atoms with Crippen LogP contribution in [0.2, 0.25) is 0 Å². The Morgan fingerprint density at radius 2 is 1.73 bits per heavy atom. The van der Waals surface area contributed by atoms with Crippen molar-refractivity contribution < 1.29 is 28.5 Å². The number of esters is 1. The highest BCUT2D eigenvalue weighted by Gasteiger charge is 2.35. The van der Waals surface area contributed by atoms with Gasteiger partial charge in [-0.2, -0.15) is 0 Å². The lowest BCUT2D eigenvalue weighted by Gasteiger charge is -2.26. The van der Waals surface area contributed by atoms with Gasteiger partial charge >= 0.3 is 5.97 Å². The van der Waals surface area contributed by atoms with Crippen LogP contribution in [-0.4, -0.2) is 73.7 Å². The standard InChI is InChI=1S/C37H37N3O7S2/c1-4-45-29-21-24(11-16-28(29)47-23-31(41)39-17-19-44-20-18-39)22-30-35(42)40-34(26-12-14-27(48-3)15-13-26)32(36(43)46-5-2)33(38-37(40)49-30)25-9-7-6-8-10-25/h6-16,21-22,34H,4-5,17-20,23H2,1-3H3/b30-22+/t34-/m0/s1. The molecule has 0 spiro atoms. The van der Waals surface area contributed by atoms with Crippen molar-refractivity contribution in [2.45, 2.75) is 24.8 Å². The molecule has 3 heterocycles. The van der Waals surface area contributed by atoms with E-state index >= 15 is 0 Å². The highest BCUT2D eigenvalue weighted by atomic mass is 32.2. The first kappa shape index (κ1) is 34.2. The minimum atomic E-state index is -0.762. The zero-order valence-corrected chi connectivity index (χ0v) is 29.2. The summed E-state index contributed by atoms with van der Waals surface area (Å²) in [5, 5.41) is 0. The van der Waals surface area contributed by atoms with Gasteiger partial charge in [-0.1, -0.05) is 59.9 Å². The number of amides is 1. The molecular formula is C37H37N3O7S2. The molecule has 0 N–H and O–H groups in total. The summed E-state index contributed by atoms with van der Waals surface area (Å²) in [6, 6.07) is 21.9. The lowest BCUT2D eigenvalue weighted by atomic mass is 9.93. The maximum atomic E-state index is 14.3. The average Bonchev–Trinajstić information content (AvgIpc) is 3.45. The summed E-state index contributed by atoms with van der Waals surface area (Å²) in [6.07, 6.45) is 3.77. The fraction of sp³-hybridized carbons (Fsp3) is 0.297. The molecule has 2 aliphatic rings. The number of benzene rings is 3. The molecule has 0 saturated carbocycles. The number of ether oxygens (including phenoxy) is 4. The number of morpholine rings is 1. The van der Waals surface area contributed by atoms with E-state index in [4.69, 9.17) is 23.9 Å². The fourth-order valence-corrected chi connectivity index (χ4v) is 7.15. The number of fused-ring (bicyclic) bond motifs is 1. The number of carbonyl (C=O) groups is 2. The van der Waals surface area contributed by atoms with Crippen LogP contribution in [0, 0.1) is 0 Å².